The van der Waals surface area contributed by atoms with E-state index in [2.05, 4.69) is 10.6 Å². The average Bonchev–Trinajstić information content (AvgIpc) is 2.72. The minimum absolute atomic E-state index is 0.101. The molecule has 0 aliphatic carbocycles. The van der Waals surface area contributed by atoms with E-state index in [4.69, 9.17) is 11.6 Å². The molecule has 0 radical (unpaired) electrons. The fourth-order valence-electron chi connectivity index (χ4n) is 2.02. The number of hydrogen-bond donors (Lipinski definition) is 2. The molecule has 3 nitrogen and oxygen atoms in total. The van der Waals surface area contributed by atoms with Gasteiger partial charge in [0.25, 0.3) is 5.91 Å². The first-order chi connectivity index (χ1) is 9.24. The van der Waals surface area contributed by atoms with E-state index >= 15 is 0 Å². The molecule has 3 rings (SSSR count). The number of carbonyl (C=O) groups is 1. The summed E-state index contributed by atoms with van der Waals surface area (Å²) in [4.78, 5) is 11.9. The number of carbonyl (C=O) groups excluding carboxylic acids is 1. The zero-order chi connectivity index (χ0) is 13.2. The van der Waals surface area contributed by atoms with E-state index in [1.165, 1.54) is 0 Å². The quantitative estimate of drug-likeness (QED) is 0.816. The third-order valence-corrected chi connectivity index (χ3v) is 3.15. The van der Waals surface area contributed by atoms with Crippen LogP contribution in [0.2, 0.25) is 5.02 Å². The molecule has 0 fully saturated rings. The van der Waals surface area contributed by atoms with Crippen molar-refractivity contribution in [2.45, 2.75) is 0 Å². The second kappa shape index (κ2) is 4.78. The maximum atomic E-state index is 11.9. The molecule has 0 spiro atoms. The molecular weight excluding hydrogens is 260 g/mol. The largest absolute Gasteiger partial charge is 0.361 e. The van der Waals surface area contributed by atoms with Crippen molar-refractivity contribution in [2.75, 3.05) is 10.6 Å². The summed E-state index contributed by atoms with van der Waals surface area (Å²) < 4.78 is 0. The zero-order valence-electron chi connectivity index (χ0n) is 9.98. The maximum absolute atomic E-state index is 11.9. The van der Waals surface area contributed by atoms with Gasteiger partial charge in [0.05, 0.1) is 5.57 Å². The molecule has 2 aromatic carbocycles. The molecule has 1 aliphatic heterocycles. The van der Waals surface area contributed by atoms with Crippen molar-refractivity contribution in [3.8, 4) is 0 Å². The molecule has 0 aromatic heterocycles. The Kier molecular flexibility index (Phi) is 2.97. The van der Waals surface area contributed by atoms with Crippen molar-refractivity contribution in [2.24, 2.45) is 0 Å². The summed E-state index contributed by atoms with van der Waals surface area (Å²) in [5.74, 6) is -0.101. The maximum Gasteiger partial charge on any atom is 0.257 e. The van der Waals surface area contributed by atoms with Crippen molar-refractivity contribution >= 4 is 34.5 Å². The van der Waals surface area contributed by atoms with E-state index in [0.717, 1.165) is 16.9 Å². The van der Waals surface area contributed by atoms with E-state index in [1.54, 1.807) is 18.3 Å². The van der Waals surface area contributed by atoms with Crippen molar-refractivity contribution in [3.05, 3.63) is 65.3 Å². The van der Waals surface area contributed by atoms with Gasteiger partial charge in [0.1, 0.15) is 0 Å². The van der Waals surface area contributed by atoms with Gasteiger partial charge in [-0.05, 0) is 24.3 Å². The van der Waals surface area contributed by atoms with Crippen LogP contribution in [0.1, 0.15) is 5.56 Å². The predicted octanol–water partition coefficient (Wildman–Crippen LogP) is 3.75. The van der Waals surface area contributed by atoms with Crippen LogP contribution in [0.25, 0.3) is 5.57 Å². The number of amides is 1. The van der Waals surface area contributed by atoms with Crippen molar-refractivity contribution in [1.82, 2.24) is 0 Å². The van der Waals surface area contributed by atoms with E-state index in [-0.39, 0.29) is 5.91 Å². The average molecular weight is 271 g/mol. The van der Waals surface area contributed by atoms with Crippen molar-refractivity contribution < 1.29 is 4.79 Å². The Balaban J connectivity index is 1.90. The highest BCUT2D eigenvalue weighted by molar-refractivity contribution is 6.32. The standard InChI is InChI=1S/C15H11ClN2O/c16-10-4-3-5-11(8-10)17-9-13-12-6-1-2-7-14(12)18-15(13)19/h1-9,17H,(H,18,19)/b13-9-. The van der Waals surface area contributed by atoms with Crippen molar-refractivity contribution in [3.63, 3.8) is 0 Å². The lowest BCUT2D eigenvalue weighted by Crippen LogP contribution is -2.05. The van der Waals surface area contributed by atoms with Gasteiger partial charge in [0.15, 0.2) is 0 Å². The van der Waals surface area contributed by atoms with Gasteiger partial charge >= 0.3 is 0 Å². The van der Waals surface area contributed by atoms with Crippen LogP contribution in [0.3, 0.4) is 0 Å². The van der Waals surface area contributed by atoms with Gasteiger partial charge in [0, 0.05) is 28.2 Å². The van der Waals surface area contributed by atoms with Crippen LogP contribution >= 0.6 is 11.6 Å². The Bertz CT molecular complexity index is 679. The Morgan fingerprint density at radius 1 is 1.11 bits per heavy atom. The first-order valence-electron chi connectivity index (χ1n) is 5.87. The van der Waals surface area contributed by atoms with Gasteiger partial charge < -0.3 is 10.6 Å². The van der Waals surface area contributed by atoms with E-state index in [1.807, 2.05) is 36.4 Å². The molecule has 0 saturated heterocycles. The molecule has 94 valence electrons. The molecule has 19 heavy (non-hydrogen) atoms. The summed E-state index contributed by atoms with van der Waals surface area (Å²) in [5.41, 5.74) is 3.21. The van der Waals surface area contributed by atoms with Crippen LogP contribution in [0.4, 0.5) is 11.4 Å². The number of fused-ring (bicyclic) bond motifs is 1. The first kappa shape index (κ1) is 11.8. The topological polar surface area (TPSA) is 41.1 Å². The lowest BCUT2D eigenvalue weighted by Gasteiger charge is -2.02. The Morgan fingerprint density at radius 2 is 1.95 bits per heavy atom. The lowest BCUT2D eigenvalue weighted by atomic mass is 10.1. The third kappa shape index (κ3) is 2.33. The van der Waals surface area contributed by atoms with Crippen LogP contribution in [0.5, 0.6) is 0 Å². The SMILES string of the molecule is O=C1Nc2ccccc2/C1=C/Nc1cccc(Cl)c1. The summed E-state index contributed by atoms with van der Waals surface area (Å²) in [6.07, 6.45) is 1.70. The third-order valence-electron chi connectivity index (χ3n) is 2.92. The van der Waals surface area contributed by atoms with Crippen molar-refractivity contribution in [1.29, 1.82) is 0 Å². The van der Waals surface area contributed by atoms with E-state index in [9.17, 15) is 4.79 Å². The highest BCUT2D eigenvalue weighted by Crippen LogP contribution is 2.31. The normalized spacial score (nSPS) is 15.2. The number of para-hydroxylation sites is 1. The summed E-state index contributed by atoms with van der Waals surface area (Å²) in [6.45, 7) is 0. The minimum atomic E-state index is -0.101. The Hall–Kier alpha value is -2.26. The molecular formula is C15H11ClN2O. The molecule has 0 unspecified atom stereocenters. The monoisotopic (exact) mass is 270 g/mol. The number of hydrogen-bond acceptors (Lipinski definition) is 2. The summed E-state index contributed by atoms with van der Waals surface area (Å²) in [7, 11) is 0. The van der Waals surface area contributed by atoms with Crippen LogP contribution in [-0.2, 0) is 4.79 Å². The van der Waals surface area contributed by atoms with Crippen LogP contribution in [0, 0.1) is 0 Å². The highest BCUT2D eigenvalue weighted by Gasteiger charge is 2.23. The minimum Gasteiger partial charge on any atom is -0.361 e. The Morgan fingerprint density at radius 3 is 2.79 bits per heavy atom. The summed E-state index contributed by atoms with van der Waals surface area (Å²) in [5, 5.41) is 6.57. The molecule has 0 bridgehead atoms. The van der Waals surface area contributed by atoms with Gasteiger partial charge in [-0.2, -0.15) is 0 Å². The van der Waals surface area contributed by atoms with E-state index < -0.39 is 0 Å². The highest BCUT2D eigenvalue weighted by atomic mass is 35.5. The number of halogens is 1. The molecule has 0 atom stereocenters. The van der Waals surface area contributed by atoms with Gasteiger partial charge in [0.2, 0.25) is 0 Å². The molecule has 2 aromatic rings. The van der Waals surface area contributed by atoms with E-state index in [0.29, 0.717) is 10.6 Å². The number of rotatable bonds is 2. The number of benzene rings is 2. The fourth-order valence-corrected chi connectivity index (χ4v) is 2.21. The summed E-state index contributed by atoms with van der Waals surface area (Å²) >= 11 is 5.91. The number of nitrogens with one attached hydrogen (secondary N) is 2. The molecule has 1 heterocycles. The molecule has 1 amide bonds. The van der Waals surface area contributed by atoms with Crippen LogP contribution in [-0.4, -0.2) is 5.91 Å². The number of anilines is 2. The molecule has 1 aliphatic rings. The zero-order valence-corrected chi connectivity index (χ0v) is 10.7. The first-order valence-corrected chi connectivity index (χ1v) is 6.25. The lowest BCUT2D eigenvalue weighted by molar-refractivity contribution is -0.110. The second-order valence-corrected chi connectivity index (χ2v) is 4.65. The van der Waals surface area contributed by atoms with Crippen LogP contribution in [0.15, 0.2) is 54.7 Å². The fraction of sp³-hybridized carbons (Fsp3) is 0. The van der Waals surface area contributed by atoms with Gasteiger partial charge in [-0.1, -0.05) is 35.9 Å². The Labute approximate surface area is 115 Å². The van der Waals surface area contributed by atoms with Gasteiger partial charge in [-0.3, -0.25) is 4.79 Å². The summed E-state index contributed by atoms with van der Waals surface area (Å²) in [6, 6.07) is 15.0. The molecule has 0 saturated carbocycles. The molecule has 2 N–H and O–H groups in total. The van der Waals surface area contributed by atoms with Gasteiger partial charge in [-0.15, -0.1) is 0 Å². The smallest absolute Gasteiger partial charge is 0.257 e. The van der Waals surface area contributed by atoms with Crippen LogP contribution < -0.4 is 10.6 Å². The second-order valence-electron chi connectivity index (χ2n) is 4.21. The van der Waals surface area contributed by atoms with Gasteiger partial charge in [-0.25, -0.2) is 0 Å². The molecule has 4 heteroatoms. The predicted molar refractivity (Wildman–Crippen MR) is 78.1 cm³/mol.